The Morgan fingerprint density at radius 3 is 2.25 bits per heavy atom. The molecule has 0 radical (unpaired) electrons. The van der Waals surface area contributed by atoms with Crippen LogP contribution < -0.4 is 0 Å². The molecule has 1 aliphatic rings. The predicted molar refractivity (Wildman–Crippen MR) is 32.2 cm³/mol. The number of ketones is 1. The van der Waals surface area contributed by atoms with Gasteiger partial charge in [0.05, 0.1) is 0 Å². The monoisotopic (exact) mass is 111 g/mol. The van der Waals surface area contributed by atoms with Crippen molar-refractivity contribution in [3.05, 3.63) is 0 Å². The van der Waals surface area contributed by atoms with Crippen LogP contribution in [-0.2, 0) is 4.79 Å². The number of hydrogen-bond acceptors (Lipinski definition) is 2. The van der Waals surface area contributed by atoms with Gasteiger partial charge in [0.25, 0.3) is 0 Å². The van der Waals surface area contributed by atoms with E-state index in [9.17, 15) is 4.79 Å². The van der Waals surface area contributed by atoms with Crippen LogP contribution in [0.4, 0.5) is 0 Å². The predicted octanol–water partition coefficient (Wildman–Crippen LogP) is 0.809. The minimum Gasteiger partial charge on any atom is -0.297 e. The fraction of sp³-hybridized carbons (Fsp3) is 0.667. The lowest BCUT2D eigenvalue weighted by molar-refractivity contribution is -0.118. The Labute approximate surface area is 48.6 Å². The Kier molecular flexibility index (Phi) is 0.962. The van der Waals surface area contributed by atoms with Crippen molar-refractivity contribution in [2.75, 3.05) is 0 Å². The van der Waals surface area contributed by atoms with Gasteiger partial charge in [-0.15, -0.1) is 0 Å². The average molecular weight is 111 g/mol. The fourth-order valence-electron chi connectivity index (χ4n) is 0.740. The van der Waals surface area contributed by atoms with Crippen LogP contribution in [0.1, 0.15) is 19.8 Å². The Morgan fingerprint density at radius 1 is 1.75 bits per heavy atom. The first-order valence-corrected chi connectivity index (χ1v) is 2.70. The van der Waals surface area contributed by atoms with Crippen molar-refractivity contribution in [3.8, 4) is 0 Å². The molecular weight excluding hydrogens is 102 g/mol. The molecule has 0 bridgehead atoms. The summed E-state index contributed by atoms with van der Waals surface area (Å²) in [7, 11) is 0. The maximum Gasteiger partial charge on any atom is 0.157 e. The van der Waals surface area contributed by atoms with E-state index in [4.69, 9.17) is 0 Å². The largest absolute Gasteiger partial charge is 0.297 e. The molecule has 1 rings (SSSR count). The quantitative estimate of drug-likeness (QED) is 0.485. The Bertz CT molecular complexity index is 135. The molecule has 0 aromatic heterocycles. The fourth-order valence-corrected chi connectivity index (χ4v) is 0.740. The molecule has 2 heteroatoms. The number of carbonyl (C=O) groups excluding carboxylic acids is 1. The third-order valence-corrected chi connectivity index (χ3v) is 1.68. The first-order valence-electron chi connectivity index (χ1n) is 2.70. The molecular formula is C6H9NO. The summed E-state index contributed by atoms with van der Waals surface area (Å²) in [5.41, 5.74) is -0.333. The highest BCUT2D eigenvalue weighted by atomic mass is 16.1. The van der Waals surface area contributed by atoms with E-state index >= 15 is 0 Å². The van der Waals surface area contributed by atoms with E-state index in [0.717, 1.165) is 12.8 Å². The van der Waals surface area contributed by atoms with Crippen LogP contribution in [0.5, 0.6) is 0 Å². The summed E-state index contributed by atoms with van der Waals surface area (Å²) in [6, 6.07) is 0. The zero-order valence-electron chi connectivity index (χ0n) is 4.98. The molecule has 0 atom stereocenters. The van der Waals surface area contributed by atoms with Gasteiger partial charge in [0.15, 0.2) is 5.78 Å². The molecule has 0 amide bonds. The van der Waals surface area contributed by atoms with Gasteiger partial charge in [0.2, 0.25) is 0 Å². The highest BCUT2D eigenvalue weighted by molar-refractivity contribution is 5.89. The van der Waals surface area contributed by atoms with Crippen LogP contribution in [-0.4, -0.2) is 18.0 Å². The number of Topliss-reactive ketones (excluding diaryl/α,β-unsaturated/α-hetero) is 1. The summed E-state index contributed by atoms with van der Waals surface area (Å²) in [5, 5.41) is 0. The lowest BCUT2D eigenvalue weighted by Crippen LogP contribution is -2.14. The molecule has 0 aromatic carbocycles. The van der Waals surface area contributed by atoms with Gasteiger partial charge in [-0.05, 0) is 26.5 Å². The van der Waals surface area contributed by atoms with Crippen LogP contribution in [0.2, 0.25) is 0 Å². The van der Waals surface area contributed by atoms with Crippen molar-refractivity contribution in [2.45, 2.75) is 25.3 Å². The van der Waals surface area contributed by atoms with E-state index in [1.807, 2.05) is 0 Å². The SMILES string of the molecule is C=NC1(C(C)=O)CC1. The van der Waals surface area contributed by atoms with E-state index in [-0.39, 0.29) is 11.3 Å². The summed E-state index contributed by atoms with van der Waals surface area (Å²) in [5.74, 6) is 0.160. The van der Waals surface area contributed by atoms with Crippen LogP contribution in [0.15, 0.2) is 4.99 Å². The van der Waals surface area contributed by atoms with Gasteiger partial charge in [0.1, 0.15) is 5.54 Å². The molecule has 1 saturated carbocycles. The molecule has 0 aromatic rings. The van der Waals surface area contributed by atoms with Crippen molar-refractivity contribution in [2.24, 2.45) is 4.99 Å². The summed E-state index contributed by atoms with van der Waals surface area (Å²) in [4.78, 5) is 14.4. The van der Waals surface area contributed by atoms with Crippen LogP contribution >= 0.6 is 0 Å². The molecule has 2 nitrogen and oxygen atoms in total. The van der Waals surface area contributed by atoms with E-state index in [1.165, 1.54) is 0 Å². The zero-order valence-corrected chi connectivity index (χ0v) is 4.98. The third-order valence-electron chi connectivity index (χ3n) is 1.68. The summed E-state index contributed by atoms with van der Waals surface area (Å²) < 4.78 is 0. The second-order valence-electron chi connectivity index (χ2n) is 2.25. The molecule has 8 heavy (non-hydrogen) atoms. The van der Waals surface area contributed by atoms with Crippen molar-refractivity contribution >= 4 is 12.5 Å². The Balaban J connectivity index is 2.66. The summed E-state index contributed by atoms with van der Waals surface area (Å²) >= 11 is 0. The van der Waals surface area contributed by atoms with Crippen LogP contribution in [0.25, 0.3) is 0 Å². The maximum atomic E-state index is 10.6. The first-order chi connectivity index (χ1) is 3.71. The normalized spacial score (nSPS) is 22.1. The number of rotatable bonds is 2. The van der Waals surface area contributed by atoms with Crippen molar-refractivity contribution < 1.29 is 4.79 Å². The van der Waals surface area contributed by atoms with E-state index in [1.54, 1.807) is 6.92 Å². The molecule has 1 fully saturated rings. The van der Waals surface area contributed by atoms with E-state index in [2.05, 4.69) is 11.7 Å². The van der Waals surface area contributed by atoms with Crippen LogP contribution in [0.3, 0.4) is 0 Å². The van der Waals surface area contributed by atoms with Gasteiger partial charge < -0.3 is 0 Å². The smallest absolute Gasteiger partial charge is 0.157 e. The van der Waals surface area contributed by atoms with E-state index < -0.39 is 0 Å². The van der Waals surface area contributed by atoms with Crippen molar-refractivity contribution in [3.63, 3.8) is 0 Å². The topological polar surface area (TPSA) is 29.4 Å². The van der Waals surface area contributed by atoms with Crippen molar-refractivity contribution in [1.82, 2.24) is 0 Å². The maximum absolute atomic E-state index is 10.6. The number of aliphatic imine (C=N–C) groups is 1. The van der Waals surface area contributed by atoms with E-state index in [0.29, 0.717) is 0 Å². The van der Waals surface area contributed by atoms with Gasteiger partial charge in [0, 0.05) is 0 Å². The van der Waals surface area contributed by atoms with Gasteiger partial charge in [-0.25, -0.2) is 0 Å². The number of nitrogens with zero attached hydrogens (tertiary/aromatic N) is 1. The molecule has 0 saturated heterocycles. The molecule has 0 heterocycles. The Hall–Kier alpha value is -0.660. The zero-order chi connectivity index (χ0) is 6.20. The van der Waals surface area contributed by atoms with Gasteiger partial charge in [-0.3, -0.25) is 9.79 Å². The third kappa shape index (κ3) is 0.565. The molecule has 44 valence electrons. The summed E-state index contributed by atoms with van der Waals surface area (Å²) in [6.45, 7) is 4.92. The lowest BCUT2D eigenvalue weighted by Gasteiger charge is -1.99. The lowest BCUT2D eigenvalue weighted by atomic mass is 10.2. The second-order valence-corrected chi connectivity index (χ2v) is 2.25. The minimum atomic E-state index is -0.333. The second kappa shape index (κ2) is 1.41. The Morgan fingerprint density at radius 2 is 2.25 bits per heavy atom. The van der Waals surface area contributed by atoms with Gasteiger partial charge in [-0.1, -0.05) is 0 Å². The first kappa shape index (κ1) is 5.48. The minimum absolute atomic E-state index is 0.160. The van der Waals surface area contributed by atoms with Crippen LogP contribution in [0, 0.1) is 0 Å². The van der Waals surface area contributed by atoms with Crippen molar-refractivity contribution in [1.29, 1.82) is 0 Å². The standard InChI is InChI=1S/C6H9NO/c1-5(8)6(7-2)3-4-6/h2-4H2,1H3. The molecule has 0 spiro atoms. The summed E-state index contributed by atoms with van der Waals surface area (Å²) in [6.07, 6.45) is 1.82. The van der Waals surface area contributed by atoms with Gasteiger partial charge >= 0.3 is 0 Å². The molecule has 1 aliphatic carbocycles. The van der Waals surface area contributed by atoms with Gasteiger partial charge in [-0.2, -0.15) is 0 Å². The average Bonchev–Trinajstić information content (AvgIpc) is 2.44. The highest BCUT2D eigenvalue weighted by Crippen LogP contribution is 2.39. The molecule has 0 N–H and O–H groups in total. The number of hydrogen-bond donors (Lipinski definition) is 0. The molecule has 0 unspecified atom stereocenters. The number of carbonyl (C=O) groups is 1. The molecule has 0 aliphatic heterocycles. The highest BCUT2D eigenvalue weighted by Gasteiger charge is 2.46.